The van der Waals surface area contributed by atoms with Crippen LogP contribution < -0.4 is 0 Å². The molecule has 3 heterocycles. The molecule has 3 aliphatic heterocycles. The van der Waals surface area contributed by atoms with E-state index in [4.69, 9.17) is 23.7 Å². The van der Waals surface area contributed by atoms with Crippen molar-refractivity contribution < 1.29 is 73.8 Å². The quantitative estimate of drug-likeness (QED) is 0.219. The predicted molar refractivity (Wildman–Crippen MR) is 176 cm³/mol. The molecule has 4 fully saturated rings. The summed E-state index contributed by atoms with van der Waals surface area (Å²) >= 11 is 0. The number of aliphatic hydroxyl groups excluding tert-OH is 3. The smallest absolute Gasteiger partial charge is 0.198 e. The van der Waals surface area contributed by atoms with E-state index in [9.17, 15) is 50.1 Å². The Morgan fingerprint density at radius 3 is 2.17 bits per heavy atom. The van der Waals surface area contributed by atoms with Gasteiger partial charge in [0.05, 0.1) is 59.5 Å². The molecule has 0 bridgehead atoms. The largest absolute Gasteiger partial charge is 0.507 e. The molecule has 0 aromatic heterocycles. The minimum absolute atomic E-state index is 0.0389. The molecule has 7 rings (SSSR count). The third-order valence-corrected chi connectivity index (χ3v) is 11.5. The Labute approximate surface area is 299 Å². The van der Waals surface area contributed by atoms with Crippen molar-refractivity contribution in [1.82, 2.24) is 0 Å². The fourth-order valence-electron chi connectivity index (χ4n) is 8.65. The zero-order valence-corrected chi connectivity index (χ0v) is 29.3. The Hall–Kier alpha value is -2.93. The van der Waals surface area contributed by atoms with Crippen molar-refractivity contribution in [1.29, 1.82) is 0 Å². The van der Waals surface area contributed by atoms with Crippen molar-refractivity contribution in [2.24, 2.45) is 0 Å². The number of fused-ring (bicyclic) bond motifs is 3. The Morgan fingerprint density at radius 2 is 1.48 bits per heavy atom. The van der Waals surface area contributed by atoms with Gasteiger partial charge in [0.25, 0.3) is 0 Å². The first-order chi connectivity index (χ1) is 24.3. The molecule has 0 unspecified atom stereocenters. The molecule has 3 saturated heterocycles. The van der Waals surface area contributed by atoms with Crippen LogP contribution in [0.2, 0.25) is 0 Å². The van der Waals surface area contributed by atoms with Crippen molar-refractivity contribution in [3.05, 3.63) is 52.1 Å². The van der Waals surface area contributed by atoms with Gasteiger partial charge in [0.15, 0.2) is 35.5 Å². The highest BCUT2D eigenvalue weighted by Gasteiger charge is 2.66. The van der Waals surface area contributed by atoms with Gasteiger partial charge in [0, 0.05) is 48.8 Å². The highest BCUT2D eigenvalue weighted by atomic mass is 16.7. The second-order valence-corrected chi connectivity index (χ2v) is 15.4. The van der Waals surface area contributed by atoms with E-state index in [-0.39, 0.29) is 41.2 Å². The van der Waals surface area contributed by atoms with Crippen molar-refractivity contribution >= 4 is 17.3 Å². The van der Waals surface area contributed by atoms with E-state index >= 15 is 0 Å². The van der Waals surface area contributed by atoms with E-state index in [1.807, 2.05) is 6.92 Å². The Morgan fingerprint density at radius 1 is 0.808 bits per heavy atom. The van der Waals surface area contributed by atoms with Crippen LogP contribution >= 0.6 is 0 Å². The Kier molecular flexibility index (Phi) is 9.44. The highest BCUT2D eigenvalue weighted by molar-refractivity contribution is 6.32. The number of carbonyl (C=O) groups is 3. The van der Waals surface area contributed by atoms with Gasteiger partial charge in [-0.05, 0) is 46.3 Å². The van der Waals surface area contributed by atoms with Crippen LogP contribution in [0.5, 0.6) is 5.75 Å². The zero-order valence-electron chi connectivity index (χ0n) is 29.3. The fourth-order valence-corrected chi connectivity index (χ4v) is 8.65. The second kappa shape index (κ2) is 13.1. The number of ether oxygens (including phenoxy) is 5. The Balaban J connectivity index is 1.07. The number of phenolic OH excluding ortho intramolecular Hbond substituents is 1. The van der Waals surface area contributed by atoms with Crippen LogP contribution in [0.4, 0.5) is 0 Å². The number of carbonyl (C=O) groups excluding carboxylic acids is 3. The standard InChI is InChI=1S/C37H46O15/c1-15-22(51-27-11-21(38)30(40)16(2)50-27)7-8-26(49-15)52-24-12-23(48-17(3)31(24)41)18-5-6-19-28(32(18)42)33(43)20-9-10-36(46)14-35(4,45)13-25(39)37(36,47)29(20)34(19)44/h5-6,9-10,15-17,21-24,26-27,30-31,38,40-42,45-47H,7-8,11-14H2,1-4H3/t15-,16+,17+,21+,22-,23+,24+,26-,27-,30+,31+,35-,36-,37-/m0/s1. The molecular weight excluding hydrogens is 684 g/mol. The van der Waals surface area contributed by atoms with Gasteiger partial charge >= 0.3 is 0 Å². The molecule has 0 spiro atoms. The summed E-state index contributed by atoms with van der Waals surface area (Å²) < 4.78 is 30.2. The number of ketones is 3. The highest BCUT2D eigenvalue weighted by Crippen LogP contribution is 2.52. The third-order valence-electron chi connectivity index (χ3n) is 11.5. The van der Waals surface area contributed by atoms with E-state index in [1.165, 1.54) is 19.1 Å². The Bertz CT molecular complexity index is 1710. The predicted octanol–water partition coefficient (Wildman–Crippen LogP) is 0.577. The molecule has 1 aromatic carbocycles. The van der Waals surface area contributed by atoms with Crippen LogP contribution in [0.15, 0.2) is 35.4 Å². The molecule has 0 radical (unpaired) electrons. The summed E-state index contributed by atoms with van der Waals surface area (Å²) in [5.41, 5.74) is -8.26. The summed E-state index contributed by atoms with van der Waals surface area (Å²) in [5.74, 6) is -3.34. The van der Waals surface area contributed by atoms with Gasteiger partial charge in [-0.2, -0.15) is 0 Å². The summed E-state index contributed by atoms with van der Waals surface area (Å²) in [5, 5.41) is 76.3. The van der Waals surface area contributed by atoms with E-state index < -0.39 is 120 Å². The maximum absolute atomic E-state index is 13.9. The summed E-state index contributed by atoms with van der Waals surface area (Å²) in [4.78, 5) is 41.1. The number of hydrogen-bond acceptors (Lipinski definition) is 15. The lowest BCUT2D eigenvalue weighted by atomic mass is 9.57. The molecule has 14 atom stereocenters. The van der Waals surface area contributed by atoms with E-state index in [0.29, 0.717) is 12.8 Å². The molecule has 284 valence electrons. The van der Waals surface area contributed by atoms with Crippen molar-refractivity contribution in [2.75, 3.05) is 0 Å². The molecule has 0 amide bonds. The lowest BCUT2D eigenvalue weighted by molar-refractivity contribution is -0.306. The number of aromatic hydroxyl groups is 1. The third kappa shape index (κ3) is 6.00. The first-order valence-electron chi connectivity index (χ1n) is 17.8. The summed E-state index contributed by atoms with van der Waals surface area (Å²) in [6.07, 6.45) is -6.22. The maximum Gasteiger partial charge on any atom is 0.198 e. The minimum Gasteiger partial charge on any atom is -0.507 e. The van der Waals surface area contributed by atoms with Gasteiger partial charge in [-0.15, -0.1) is 0 Å². The van der Waals surface area contributed by atoms with Gasteiger partial charge in [0.1, 0.15) is 23.6 Å². The van der Waals surface area contributed by atoms with E-state index in [1.54, 1.807) is 13.8 Å². The number of hydrogen-bond donors (Lipinski definition) is 7. The van der Waals surface area contributed by atoms with Crippen LogP contribution in [-0.2, 0) is 28.5 Å². The first-order valence-corrected chi connectivity index (χ1v) is 17.8. The molecule has 52 heavy (non-hydrogen) atoms. The van der Waals surface area contributed by atoms with Crippen LogP contribution in [0.3, 0.4) is 0 Å². The van der Waals surface area contributed by atoms with Crippen molar-refractivity contribution in [3.8, 4) is 5.75 Å². The SMILES string of the molecule is C[C@@H]1O[C@@H](O[C@@H]2C[C@H](c3ccc4c(c3O)C(=O)C3=C(C4=O)[C@@]4(O)C(=O)C[C@](C)(O)C[C@@]4(O)C=C3)O[C@H](C)[C@H]2O)CC[C@@H]1O[C@H]1C[C@@H](O)[C@H](O)[C@@H](C)O1. The maximum atomic E-state index is 13.9. The van der Waals surface area contributed by atoms with Crippen LogP contribution in [0.25, 0.3) is 0 Å². The van der Waals surface area contributed by atoms with Crippen molar-refractivity contribution in [3.63, 3.8) is 0 Å². The number of aliphatic hydroxyl groups is 6. The average molecular weight is 731 g/mol. The first kappa shape index (κ1) is 37.4. The monoisotopic (exact) mass is 730 g/mol. The van der Waals surface area contributed by atoms with Crippen LogP contribution in [0.1, 0.15) is 98.6 Å². The van der Waals surface area contributed by atoms with Gasteiger partial charge in [0.2, 0.25) is 0 Å². The number of Topliss-reactive ketones (excluding diaryl/α,β-unsaturated/α-hetero) is 3. The summed E-state index contributed by atoms with van der Waals surface area (Å²) in [7, 11) is 0. The van der Waals surface area contributed by atoms with Gasteiger partial charge in [-0.25, -0.2) is 0 Å². The zero-order chi connectivity index (χ0) is 37.7. The van der Waals surface area contributed by atoms with Gasteiger partial charge in [-0.3, -0.25) is 14.4 Å². The number of rotatable bonds is 5. The molecular formula is C37H46O15. The van der Waals surface area contributed by atoms with Crippen LogP contribution in [0, 0.1) is 0 Å². The minimum atomic E-state index is -2.79. The molecule has 1 aromatic rings. The number of phenols is 1. The fraction of sp³-hybridized carbons (Fsp3) is 0.649. The molecule has 15 heteroatoms. The molecule has 15 nitrogen and oxygen atoms in total. The van der Waals surface area contributed by atoms with E-state index in [2.05, 4.69) is 0 Å². The molecule has 6 aliphatic rings. The second-order valence-electron chi connectivity index (χ2n) is 15.4. The van der Waals surface area contributed by atoms with Crippen molar-refractivity contribution in [2.45, 2.75) is 151 Å². The average Bonchev–Trinajstić information content (AvgIpc) is 3.06. The summed E-state index contributed by atoms with van der Waals surface area (Å²) in [6, 6.07) is 2.68. The normalized spacial score (nSPS) is 45.0. The van der Waals surface area contributed by atoms with Crippen LogP contribution in [-0.4, -0.2) is 131 Å². The van der Waals surface area contributed by atoms with E-state index in [0.717, 1.165) is 12.2 Å². The molecule has 1 saturated carbocycles. The number of benzene rings is 1. The molecule has 3 aliphatic carbocycles. The summed E-state index contributed by atoms with van der Waals surface area (Å²) in [6.45, 7) is 6.42. The topological polar surface area (TPSA) is 239 Å². The lowest BCUT2D eigenvalue weighted by Crippen LogP contribution is -2.69. The van der Waals surface area contributed by atoms with Gasteiger partial charge in [-0.1, -0.05) is 12.1 Å². The van der Waals surface area contributed by atoms with Gasteiger partial charge < -0.3 is 59.4 Å². The molecule has 7 N–H and O–H groups in total. The lowest BCUT2D eigenvalue weighted by Gasteiger charge is -2.51. The number of allylic oxidation sites excluding steroid dienone is 2.